The highest BCUT2D eigenvalue weighted by Gasteiger charge is 2.26. The molecular weight excluding hydrogens is 419 g/mol. The van der Waals surface area contributed by atoms with Crippen molar-refractivity contribution in [3.63, 3.8) is 0 Å². The third kappa shape index (κ3) is 6.62. The number of hydrogen-bond acceptors (Lipinski definition) is 4. The molecule has 0 unspecified atom stereocenters. The van der Waals surface area contributed by atoms with Crippen molar-refractivity contribution in [3.05, 3.63) is 65.5 Å². The molecule has 0 bridgehead atoms. The summed E-state index contributed by atoms with van der Waals surface area (Å²) in [4.78, 5) is 31.6. The Morgan fingerprint density at radius 3 is 2.36 bits per heavy atom. The van der Waals surface area contributed by atoms with Gasteiger partial charge in [0.2, 0.25) is 11.8 Å². The largest absolute Gasteiger partial charge is 0.336 e. The molecule has 0 saturated heterocycles. The Kier molecular flexibility index (Phi) is 8.58. The molecule has 2 amide bonds. The Bertz CT molecular complexity index is 948. The van der Waals surface area contributed by atoms with Gasteiger partial charge < -0.3 is 15.5 Å². The van der Waals surface area contributed by atoms with Crippen molar-refractivity contribution in [2.45, 2.75) is 46.3 Å². The molecule has 0 aromatic heterocycles. The van der Waals surface area contributed by atoms with Gasteiger partial charge in [0.25, 0.3) is 0 Å². The van der Waals surface area contributed by atoms with E-state index < -0.39 is 6.04 Å². The monoisotopic (exact) mass is 454 g/mol. The van der Waals surface area contributed by atoms with Gasteiger partial charge in [-0.25, -0.2) is 4.39 Å². The van der Waals surface area contributed by atoms with Gasteiger partial charge in [-0.2, -0.15) is 0 Å². The van der Waals surface area contributed by atoms with E-state index in [1.165, 1.54) is 12.1 Å². The number of para-hydroxylation sites is 1. The lowest BCUT2D eigenvalue weighted by atomic mass is 10.0. The predicted molar refractivity (Wildman–Crippen MR) is 129 cm³/mol. The molecule has 1 aliphatic heterocycles. The Morgan fingerprint density at radius 2 is 1.70 bits per heavy atom. The first-order valence-corrected chi connectivity index (χ1v) is 11.6. The minimum Gasteiger partial charge on any atom is -0.336 e. The summed E-state index contributed by atoms with van der Waals surface area (Å²) in [6.07, 6.45) is 0.786. The Morgan fingerprint density at radius 1 is 1.00 bits per heavy atom. The molecule has 1 heterocycles. The van der Waals surface area contributed by atoms with Gasteiger partial charge in [-0.15, -0.1) is 0 Å². The summed E-state index contributed by atoms with van der Waals surface area (Å²) in [7, 11) is 0. The van der Waals surface area contributed by atoms with Crippen LogP contribution in [0, 0.1) is 11.7 Å². The van der Waals surface area contributed by atoms with E-state index in [1.54, 1.807) is 24.0 Å². The topological polar surface area (TPSA) is 69.9 Å². The number of hydrogen-bond donors (Lipinski definition) is 1. The van der Waals surface area contributed by atoms with Crippen LogP contribution >= 0.6 is 0 Å². The maximum absolute atomic E-state index is 13.4. The molecule has 2 N–H and O–H groups in total. The molecule has 3 rings (SSSR count). The summed E-state index contributed by atoms with van der Waals surface area (Å²) in [5, 5.41) is 0. The molecule has 0 fully saturated rings. The Labute approximate surface area is 196 Å². The van der Waals surface area contributed by atoms with E-state index >= 15 is 0 Å². The van der Waals surface area contributed by atoms with Crippen LogP contribution in [0.1, 0.15) is 38.3 Å². The van der Waals surface area contributed by atoms with E-state index in [-0.39, 0.29) is 23.5 Å². The van der Waals surface area contributed by atoms with E-state index in [2.05, 4.69) is 4.90 Å². The van der Waals surface area contributed by atoms with E-state index in [0.29, 0.717) is 32.7 Å². The van der Waals surface area contributed by atoms with E-state index in [4.69, 9.17) is 5.73 Å². The van der Waals surface area contributed by atoms with Crippen LogP contribution in [-0.2, 0) is 22.7 Å². The lowest BCUT2D eigenvalue weighted by Crippen LogP contribution is -2.48. The average molecular weight is 455 g/mol. The second-order valence-electron chi connectivity index (χ2n) is 9.09. The first-order valence-electron chi connectivity index (χ1n) is 11.6. The van der Waals surface area contributed by atoms with Crippen LogP contribution in [0.25, 0.3) is 0 Å². The van der Waals surface area contributed by atoms with Gasteiger partial charge in [-0.1, -0.05) is 44.2 Å². The lowest BCUT2D eigenvalue weighted by Gasteiger charge is -2.30. The smallest absolute Gasteiger partial charge is 0.240 e. The van der Waals surface area contributed by atoms with Crippen molar-refractivity contribution in [1.29, 1.82) is 0 Å². The SMILES string of the molecule is CC(=O)N1CCCN(Cc2ccc(F)cc2)CCN(C(=O)[C@H](N)C(C)C)Cc2ccccc21. The number of carbonyl (C=O) groups excluding carboxylic acids is 2. The van der Waals surface area contributed by atoms with Crippen molar-refractivity contribution in [2.24, 2.45) is 11.7 Å². The minimum atomic E-state index is -0.586. The van der Waals surface area contributed by atoms with Crippen molar-refractivity contribution in [2.75, 3.05) is 31.1 Å². The molecule has 2 aromatic rings. The van der Waals surface area contributed by atoms with Gasteiger partial charge in [-0.05, 0) is 41.7 Å². The van der Waals surface area contributed by atoms with Gasteiger partial charge in [0, 0.05) is 51.9 Å². The summed E-state index contributed by atoms with van der Waals surface area (Å²) in [5.74, 6) is -0.348. The number of rotatable bonds is 4. The fraction of sp³-hybridized carbons (Fsp3) is 0.462. The van der Waals surface area contributed by atoms with Crippen LogP contribution in [0.2, 0.25) is 0 Å². The van der Waals surface area contributed by atoms with Gasteiger partial charge in [0.1, 0.15) is 5.82 Å². The third-order valence-electron chi connectivity index (χ3n) is 6.20. The molecule has 0 aliphatic carbocycles. The standard InChI is InChI=1S/C26H35FN4O2/c1-19(2)25(28)26(33)30-16-15-29(17-21-9-11-23(27)12-10-21)13-6-14-31(20(3)32)24-8-5-4-7-22(24)18-30/h4-5,7-12,19,25H,6,13-18,28H2,1-3H3/t25-/m1/s1. The number of carbonyl (C=O) groups is 2. The zero-order valence-electron chi connectivity index (χ0n) is 19.8. The summed E-state index contributed by atoms with van der Waals surface area (Å²) in [6, 6.07) is 13.7. The number of benzene rings is 2. The molecular formula is C26H35FN4O2. The lowest BCUT2D eigenvalue weighted by molar-refractivity contribution is -0.134. The zero-order valence-corrected chi connectivity index (χ0v) is 19.8. The summed E-state index contributed by atoms with van der Waals surface area (Å²) in [6.45, 7) is 9.03. The fourth-order valence-corrected chi connectivity index (χ4v) is 4.16. The molecule has 7 heteroatoms. The second kappa shape index (κ2) is 11.4. The van der Waals surface area contributed by atoms with Crippen LogP contribution in [0.15, 0.2) is 48.5 Å². The van der Waals surface area contributed by atoms with Crippen molar-refractivity contribution in [1.82, 2.24) is 9.80 Å². The highest BCUT2D eigenvalue weighted by Crippen LogP contribution is 2.24. The Hall–Kier alpha value is -2.77. The molecule has 1 aliphatic rings. The molecule has 0 radical (unpaired) electrons. The molecule has 0 saturated carbocycles. The molecule has 178 valence electrons. The van der Waals surface area contributed by atoms with Gasteiger partial charge >= 0.3 is 0 Å². The molecule has 2 aromatic carbocycles. The van der Waals surface area contributed by atoms with Crippen LogP contribution in [-0.4, -0.2) is 53.8 Å². The maximum Gasteiger partial charge on any atom is 0.240 e. The summed E-state index contributed by atoms with van der Waals surface area (Å²) < 4.78 is 13.4. The summed E-state index contributed by atoms with van der Waals surface area (Å²) in [5.41, 5.74) is 9.03. The quantitative estimate of drug-likeness (QED) is 0.769. The highest BCUT2D eigenvalue weighted by molar-refractivity contribution is 5.92. The molecule has 6 nitrogen and oxygen atoms in total. The average Bonchev–Trinajstić information content (AvgIpc) is 2.82. The first kappa shape index (κ1) is 24.9. The fourth-order valence-electron chi connectivity index (χ4n) is 4.16. The van der Waals surface area contributed by atoms with Gasteiger partial charge in [0.05, 0.1) is 6.04 Å². The number of nitrogens with two attached hydrogens (primary N) is 1. The van der Waals surface area contributed by atoms with Gasteiger partial charge in [0.15, 0.2) is 0 Å². The number of amides is 2. The van der Waals surface area contributed by atoms with E-state index in [1.807, 2.05) is 43.0 Å². The van der Waals surface area contributed by atoms with Crippen LogP contribution in [0.5, 0.6) is 0 Å². The van der Waals surface area contributed by atoms with Crippen molar-refractivity contribution < 1.29 is 14.0 Å². The highest BCUT2D eigenvalue weighted by atomic mass is 19.1. The van der Waals surface area contributed by atoms with Crippen LogP contribution < -0.4 is 10.6 Å². The van der Waals surface area contributed by atoms with Crippen molar-refractivity contribution >= 4 is 17.5 Å². The van der Waals surface area contributed by atoms with Crippen molar-refractivity contribution in [3.8, 4) is 0 Å². The Balaban J connectivity index is 1.91. The number of fused-ring (bicyclic) bond motifs is 1. The summed E-state index contributed by atoms with van der Waals surface area (Å²) >= 11 is 0. The first-order chi connectivity index (χ1) is 15.8. The molecule has 1 atom stereocenters. The molecule has 33 heavy (non-hydrogen) atoms. The van der Waals surface area contributed by atoms with E-state index in [0.717, 1.165) is 29.8 Å². The normalized spacial score (nSPS) is 16.8. The maximum atomic E-state index is 13.4. The van der Waals surface area contributed by atoms with Gasteiger partial charge in [-0.3, -0.25) is 14.5 Å². The zero-order chi connectivity index (χ0) is 24.0. The number of anilines is 1. The minimum absolute atomic E-state index is 0.0231. The van der Waals surface area contributed by atoms with Crippen LogP contribution in [0.3, 0.4) is 0 Å². The van der Waals surface area contributed by atoms with Crippen LogP contribution in [0.4, 0.5) is 10.1 Å². The molecule has 0 spiro atoms. The number of halogens is 1. The number of nitrogens with zero attached hydrogens (tertiary/aromatic N) is 3. The third-order valence-corrected chi connectivity index (χ3v) is 6.20. The van der Waals surface area contributed by atoms with E-state index in [9.17, 15) is 14.0 Å². The predicted octanol–water partition coefficient (Wildman–Crippen LogP) is 3.40. The second-order valence-corrected chi connectivity index (χ2v) is 9.09.